The molecule has 0 aliphatic carbocycles. The Morgan fingerprint density at radius 1 is 0.933 bits per heavy atom. The summed E-state index contributed by atoms with van der Waals surface area (Å²) in [5.41, 5.74) is 0. The maximum absolute atomic E-state index is 6.05. The van der Waals surface area contributed by atoms with Gasteiger partial charge in [0.1, 0.15) is 23.0 Å². The van der Waals surface area contributed by atoms with Gasteiger partial charge in [0.25, 0.3) is 0 Å². The van der Waals surface area contributed by atoms with Gasteiger partial charge in [-0.25, -0.2) is 0 Å². The predicted octanol–water partition coefficient (Wildman–Crippen LogP) is 4.63. The summed E-state index contributed by atoms with van der Waals surface area (Å²) in [6.45, 7) is 5.37. The van der Waals surface area contributed by atoms with Crippen molar-refractivity contribution in [2.24, 2.45) is 0 Å². The Kier molecular flexibility index (Phi) is 7.84. The topological polar surface area (TPSA) is 67.6 Å². The third kappa shape index (κ3) is 5.60. The van der Waals surface area contributed by atoms with Crippen molar-refractivity contribution in [3.63, 3.8) is 0 Å². The lowest BCUT2D eigenvalue weighted by Crippen LogP contribution is -2.12. The van der Waals surface area contributed by atoms with E-state index in [0.717, 1.165) is 46.3 Å². The predicted molar refractivity (Wildman–Crippen MR) is 117 cm³/mol. The van der Waals surface area contributed by atoms with E-state index in [1.54, 1.807) is 26.0 Å². The molecule has 0 radical (unpaired) electrons. The van der Waals surface area contributed by atoms with Crippen LogP contribution in [0.5, 0.6) is 23.0 Å². The number of rotatable bonds is 11. The lowest BCUT2D eigenvalue weighted by Gasteiger charge is -2.16. The number of thioether (sulfide) groups is 1. The van der Waals surface area contributed by atoms with Gasteiger partial charge in [0, 0.05) is 18.4 Å². The van der Waals surface area contributed by atoms with Crippen LogP contribution in [0.2, 0.25) is 0 Å². The molecular weight excluding hydrogens is 402 g/mol. The van der Waals surface area contributed by atoms with Gasteiger partial charge in [-0.15, -0.1) is 10.2 Å². The van der Waals surface area contributed by atoms with E-state index in [-0.39, 0.29) is 6.10 Å². The molecule has 8 heteroatoms. The molecule has 0 saturated carbocycles. The molecule has 160 valence electrons. The van der Waals surface area contributed by atoms with Crippen LogP contribution in [0.3, 0.4) is 0 Å². The summed E-state index contributed by atoms with van der Waals surface area (Å²) in [6, 6.07) is 15.1. The zero-order valence-electron chi connectivity index (χ0n) is 17.7. The molecule has 30 heavy (non-hydrogen) atoms. The third-order valence-electron chi connectivity index (χ3n) is 4.42. The van der Waals surface area contributed by atoms with Crippen molar-refractivity contribution < 1.29 is 18.9 Å². The van der Waals surface area contributed by atoms with Crippen LogP contribution in [-0.4, -0.2) is 41.3 Å². The Morgan fingerprint density at radius 3 is 2.33 bits per heavy atom. The molecule has 0 aliphatic heterocycles. The van der Waals surface area contributed by atoms with Gasteiger partial charge in [-0.3, -0.25) is 0 Å². The smallest absolute Gasteiger partial charge is 0.191 e. The highest BCUT2D eigenvalue weighted by Crippen LogP contribution is 2.27. The molecule has 1 aromatic heterocycles. The number of hydrogen-bond acceptors (Lipinski definition) is 7. The molecule has 1 atom stereocenters. The molecule has 0 aliphatic rings. The lowest BCUT2D eigenvalue weighted by atomic mass is 10.3. The molecule has 0 saturated heterocycles. The molecule has 0 N–H and O–H groups in total. The number of nitrogens with zero attached hydrogens (tertiary/aromatic N) is 3. The second kappa shape index (κ2) is 10.8. The highest BCUT2D eigenvalue weighted by Gasteiger charge is 2.19. The maximum atomic E-state index is 6.05. The highest BCUT2D eigenvalue weighted by molar-refractivity contribution is 7.99. The van der Waals surface area contributed by atoms with Crippen molar-refractivity contribution in [2.45, 2.75) is 31.7 Å². The Hall–Kier alpha value is -2.87. The third-order valence-corrected chi connectivity index (χ3v) is 5.35. The first-order valence-electron chi connectivity index (χ1n) is 9.78. The summed E-state index contributed by atoms with van der Waals surface area (Å²) in [4.78, 5) is 0. The fourth-order valence-electron chi connectivity index (χ4n) is 2.90. The lowest BCUT2D eigenvalue weighted by molar-refractivity contribution is 0.209. The van der Waals surface area contributed by atoms with Gasteiger partial charge in [-0.1, -0.05) is 17.8 Å². The van der Waals surface area contributed by atoms with E-state index in [4.69, 9.17) is 18.9 Å². The second-order valence-electron chi connectivity index (χ2n) is 6.40. The van der Waals surface area contributed by atoms with Crippen molar-refractivity contribution in [1.82, 2.24) is 14.8 Å². The van der Waals surface area contributed by atoms with E-state index < -0.39 is 0 Å². The summed E-state index contributed by atoms with van der Waals surface area (Å²) < 4.78 is 24.3. The van der Waals surface area contributed by atoms with Gasteiger partial charge < -0.3 is 23.5 Å². The van der Waals surface area contributed by atoms with Crippen LogP contribution in [0, 0.1) is 0 Å². The fraction of sp³-hybridized carbons (Fsp3) is 0.364. The van der Waals surface area contributed by atoms with Crippen molar-refractivity contribution in [3.05, 3.63) is 54.4 Å². The van der Waals surface area contributed by atoms with Crippen LogP contribution in [-0.2, 0) is 6.54 Å². The average Bonchev–Trinajstić information content (AvgIpc) is 3.20. The van der Waals surface area contributed by atoms with Crippen molar-refractivity contribution in [3.8, 4) is 23.0 Å². The minimum Gasteiger partial charge on any atom is -0.497 e. The van der Waals surface area contributed by atoms with Crippen LogP contribution < -0.4 is 18.9 Å². The van der Waals surface area contributed by atoms with Crippen LogP contribution >= 0.6 is 11.8 Å². The molecule has 2 aromatic carbocycles. The molecular formula is C22H27N3O4S. The van der Waals surface area contributed by atoms with Crippen molar-refractivity contribution in [1.29, 1.82) is 0 Å². The fourth-order valence-corrected chi connectivity index (χ4v) is 3.73. The largest absolute Gasteiger partial charge is 0.497 e. The molecule has 7 nitrogen and oxygen atoms in total. The minimum atomic E-state index is -0.241. The quantitative estimate of drug-likeness (QED) is 0.325. The Morgan fingerprint density at radius 2 is 1.63 bits per heavy atom. The number of aromatic nitrogens is 3. The molecule has 0 spiro atoms. The average molecular weight is 430 g/mol. The molecule has 1 heterocycles. The van der Waals surface area contributed by atoms with E-state index >= 15 is 0 Å². The Balaban J connectivity index is 1.56. The number of methoxy groups -OCH3 is 2. The Bertz CT molecular complexity index is 930. The Labute approximate surface area is 181 Å². The SMILES string of the molecule is CCn1c(SCCOc2ccc(OC)cc2)nnc1C(C)Oc1cccc(OC)c1. The van der Waals surface area contributed by atoms with Gasteiger partial charge in [0.05, 0.1) is 20.8 Å². The monoisotopic (exact) mass is 429 g/mol. The van der Waals surface area contributed by atoms with E-state index in [1.807, 2.05) is 55.5 Å². The summed E-state index contributed by atoms with van der Waals surface area (Å²) in [5, 5.41) is 9.57. The second-order valence-corrected chi connectivity index (χ2v) is 7.46. The van der Waals surface area contributed by atoms with Gasteiger partial charge in [0.15, 0.2) is 17.1 Å². The van der Waals surface area contributed by atoms with Gasteiger partial charge in [-0.2, -0.15) is 0 Å². The first kappa shape index (κ1) is 21.8. The van der Waals surface area contributed by atoms with Crippen LogP contribution in [0.25, 0.3) is 0 Å². The minimum absolute atomic E-state index is 0.241. The van der Waals surface area contributed by atoms with E-state index in [2.05, 4.69) is 21.7 Å². The van der Waals surface area contributed by atoms with Crippen LogP contribution in [0.4, 0.5) is 0 Å². The number of benzene rings is 2. The molecule has 0 bridgehead atoms. The summed E-state index contributed by atoms with van der Waals surface area (Å²) in [7, 11) is 3.28. The van der Waals surface area contributed by atoms with Gasteiger partial charge in [-0.05, 0) is 50.2 Å². The number of hydrogen-bond donors (Lipinski definition) is 0. The zero-order valence-corrected chi connectivity index (χ0v) is 18.5. The molecule has 1 unspecified atom stereocenters. The van der Waals surface area contributed by atoms with Gasteiger partial charge >= 0.3 is 0 Å². The van der Waals surface area contributed by atoms with E-state index in [0.29, 0.717) is 6.61 Å². The molecule has 0 amide bonds. The first-order chi connectivity index (χ1) is 14.6. The highest BCUT2D eigenvalue weighted by atomic mass is 32.2. The zero-order chi connectivity index (χ0) is 21.3. The summed E-state index contributed by atoms with van der Waals surface area (Å²) >= 11 is 1.61. The molecule has 0 fully saturated rings. The van der Waals surface area contributed by atoms with Crippen LogP contribution in [0.1, 0.15) is 25.8 Å². The first-order valence-corrected chi connectivity index (χ1v) is 10.8. The molecule has 3 rings (SSSR count). The standard InChI is InChI=1S/C22H27N3O4S/c1-5-25-21(16(2)29-20-8-6-7-19(15-20)27-4)23-24-22(25)30-14-13-28-18-11-9-17(26-3)10-12-18/h6-12,15-16H,5,13-14H2,1-4H3. The normalized spacial score (nSPS) is 11.7. The van der Waals surface area contributed by atoms with Crippen LogP contribution in [0.15, 0.2) is 53.7 Å². The van der Waals surface area contributed by atoms with Crippen molar-refractivity contribution >= 4 is 11.8 Å². The van der Waals surface area contributed by atoms with E-state index in [9.17, 15) is 0 Å². The van der Waals surface area contributed by atoms with Crippen molar-refractivity contribution in [2.75, 3.05) is 26.6 Å². The maximum Gasteiger partial charge on any atom is 0.191 e. The van der Waals surface area contributed by atoms with Gasteiger partial charge in [0.2, 0.25) is 0 Å². The summed E-state index contributed by atoms with van der Waals surface area (Å²) in [6.07, 6.45) is -0.241. The number of ether oxygens (including phenoxy) is 4. The molecule has 3 aromatic rings. The van der Waals surface area contributed by atoms with E-state index in [1.165, 1.54) is 0 Å². The summed E-state index contributed by atoms with van der Waals surface area (Å²) in [5.74, 6) is 4.66.